The summed E-state index contributed by atoms with van der Waals surface area (Å²) in [5, 5.41) is 4.24. The minimum atomic E-state index is -4.51. The number of nitrogens with zero attached hydrogens (tertiary/aromatic N) is 3. The zero-order valence-electron chi connectivity index (χ0n) is 16.0. The molecule has 0 spiro atoms. The molecule has 5 nitrogen and oxygen atoms in total. The molecule has 160 valence electrons. The van der Waals surface area contributed by atoms with Gasteiger partial charge in [-0.25, -0.2) is 0 Å². The van der Waals surface area contributed by atoms with Gasteiger partial charge in [0, 0.05) is 49.0 Å². The molecule has 1 saturated heterocycles. The summed E-state index contributed by atoms with van der Waals surface area (Å²) in [6.45, 7) is 3.42. The summed E-state index contributed by atoms with van der Waals surface area (Å²) in [4.78, 5) is 4.19. The van der Waals surface area contributed by atoms with Gasteiger partial charge < -0.3 is 10.6 Å². The number of piperazine rings is 1. The van der Waals surface area contributed by atoms with Crippen molar-refractivity contribution < 1.29 is 13.2 Å². The molecule has 10 heteroatoms. The number of anilines is 1. The molecule has 0 saturated carbocycles. The summed E-state index contributed by atoms with van der Waals surface area (Å²) in [6, 6.07) is 11.9. The third-order valence-electron chi connectivity index (χ3n) is 4.81. The Morgan fingerprint density at radius 1 is 1.17 bits per heavy atom. The van der Waals surface area contributed by atoms with Gasteiger partial charge in [-0.15, -0.1) is 0 Å². The maximum Gasteiger partial charge on any atom is 0.417 e. The number of hydrogen-bond acceptors (Lipinski definition) is 4. The van der Waals surface area contributed by atoms with Crippen molar-refractivity contribution in [2.45, 2.75) is 12.7 Å². The van der Waals surface area contributed by atoms with Crippen LogP contribution >= 0.6 is 23.8 Å². The predicted molar refractivity (Wildman–Crippen MR) is 118 cm³/mol. The molecule has 1 heterocycles. The second-order valence-electron chi connectivity index (χ2n) is 6.86. The van der Waals surface area contributed by atoms with E-state index in [2.05, 4.69) is 27.6 Å². The summed E-state index contributed by atoms with van der Waals surface area (Å²) < 4.78 is 40.7. The van der Waals surface area contributed by atoms with Crippen molar-refractivity contribution in [3.63, 3.8) is 0 Å². The van der Waals surface area contributed by atoms with Gasteiger partial charge in [0.1, 0.15) is 0 Å². The van der Waals surface area contributed by atoms with Crippen molar-refractivity contribution in [1.82, 2.24) is 10.3 Å². The van der Waals surface area contributed by atoms with E-state index in [4.69, 9.17) is 17.3 Å². The second-order valence-corrected chi connectivity index (χ2v) is 7.71. The molecule has 3 N–H and O–H groups in total. The number of rotatable bonds is 5. The summed E-state index contributed by atoms with van der Waals surface area (Å²) >= 11 is 10.8. The average molecular weight is 456 g/mol. The van der Waals surface area contributed by atoms with Gasteiger partial charge in [0.05, 0.1) is 11.8 Å². The highest BCUT2D eigenvalue weighted by molar-refractivity contribution is 7.80. The largest absolute Gasteiger partial charge is 0.417 e. The van der Waals surface area contributed by atoms with Crippen LogP contribution < -0.4 is 16.1 Å². The molecule has 0 amide bonds. The fourth-order valence-corrected chi connectivity index (χ4v) is 3.54. The number of thiocarbonyl (C=S) groups is 1. The first-order valence-electron chi connectivity index (χ1n) is 9.24. The molecule has 0 aliphatic carbocycles. The lowest BCUT2D eigenvalue weighted by Gasteiger charge is -2.36. The van der Waals surface area contributed by atoms with Gasteiger partial charge in [-0.2, -0.15) is 18.3 Å². The van der Waals surface area contributed by atoms with Crippen molar-refractivity contribution in [3.8, 4) is 0 Å². The highest BCUT2D eigenvalue weighted by atomic mass is 35.5. The average Bonchev–Trinajstić information content (AvgIpc) is 2.69. The van der Waals surface area contributed by atoms with Gasteiger partial charge in [0.15, 0.2) is 5.11 Å². The number of halogens is 4. The lowest BCUT2D eigenvalue weighted by atomic mass is 10.1. The first-order chi connectivity index (χ1) is 14.2. The van der Waals surface area contributed by atoms with E-state index in [0.29, 0.717) is 25.3 Å². The van der Waals surface area contributed by atoms with Crippen LogP contribution in [0.3, 0.4) is 0 Å². The fourth-order valence-electron chi connectivity index (χ4n) is 3.30. The zero-order valence-corrected chi connectivity index (χ0v) is 17.6. The molecule has 0 aromatic heterocycles. The highest BCUT2D eigenvalue weighted by Gasteiger charge is 2.34. The molecule has 1 aliphatic rings. The Kier molecular flexibility index (Phi) is 7.17. The molecule has 1 fully saturated rings. The van der Waals surface area contributed by atoms with Crippen molar-refractivity contribution in [2.75, 3.05) is 31.1 Å². The van der Waals surface area contributed by atoms with Crippen LogP contribution in [0.2, 0.25) is 5.02 Å². The topological polar surface area (TPSA) is 56.9 Å². The van der Waals surface area contributed by atoms with Gasteiger partial charge >= 0.3 is 6.18 Å². The lowest BCUT2D eigenvalue weighted by molar-refractivity contribution is -0.137. The van der Waals surface area contributed by atoms with Gasteiger partial charge in [-0.05, 0) is 36.0 Å². The van der Waals surface area contributed by atoms with E-state index >= 15 is 0 Å². The Bertz CT molecular complexity index is 927. The highest BCUT2D eigenvalue weighted by Crippen LogP contribution is 2.34. The molecule has 2 aromatic carbocycles. The molecular formula is C20H21ClF3N5S. The van der Waals surface area contributed by atoms with Crippen LogP contribution in [-0.4, -0.2) is 42.4 Å². The Labute approximate surface area is 183 Å². The molecular weight excluding hydrogens is 435 g/mol. The molecule has 2 aromatic rings. The van der Waals surface area contributed by atoms with Crippen molar-refractivity contribution in [2.24, 2.45) is 10.8 Å². The maximum atomic E-state index is 13.6. The molecule has 3 rings (SSSR count). The number of nitrogens with two attached hydrogens (primary N) is 1. The molecule has 0 atom stereocenters. The third kappa shape index (κ3) is 5.84. The molecule has 0 unspecified atom stereocenters. The van der Waals surface area contributed by atoms with Gasteiger partial charge in [-0.3, -0.25) is 10.3 Å². The minimum Gasteiger partial charge on any atom is -0.375 e. The SMILES string of the molecule is NC(=S)NN=Cc1ccc(N2CCN(Cc3ccccc3Cl)CC2)cc1C(F)(F)F. The maximum absolute atomic E-state index is 13.6. The number of hydrogen-bond donors (Lipinski definition) is 2. The standard InChI is InChI=1S/C20H21ClF3N5S/c21-18-4-2-1-3-15(18)13-28-7-9-29(10-8-28)16-6-5-14(12-26-27-19(25)30)17(11-16)20(22,23)24/h1-6,11-12H,7-10,13H2,(H3,25,27,30). The Balaban J connectivity index is 1.70. The van der Waals surface area contributed by atoms with Crippen LogP contribution in [0.5, 0.6) is 0 Å². The molecule has 1 aliphatic heterocycles. The van der Waals surface area contributed by atoms with Crippen LogP contribution in [0.15, 0.2) is 47.6 Å². The van der Waals surface area contributed by atoms with Crippen molar-refractivity contribution in [3.05, 3.63) is 64.2 Å². The van der Waals surface area contributed by atoms with E-state index in [1.54, 1.807) is 6.07 Å². The van der Waals surface area contributed by atoms with E-state index in [1.807, 2.05) is 29.2 Å². The molecule has 0 radical (unpaired) electrons. The zero-order chi connectivity index (χ0) is 21.7. The normalized spacial score (nSPS) is 15.5. The van der Waals surface area contributed by atoms with E-state index < -0.39 is 11.7 Å². The number of nitrogens with one attached hydrogen (secondary N) is 1. The summed E-state index contributed by atoms with van der Waals surface area (Å²) in [5.41, 5.74) is 8.25. The first kappa shape index (κ1) is 22.3. The van der Waals surface area contributed by atoms with Crippen LogP contribution in [-0.2, 0) is 12.7 Å². The Hall–Kier alpha value is -2.36. The van der Waals surface area contributed by atoms with Crippen LogP contribution in [0.1, 0.15) is 16.7 Å². The quantitative estimate of drug-likeness (QED) is 0.407. The minimum absolute atomic E-state index is 0.0626. The smallest absolute Gasteiger partial charge is 0.375 e. The molecule has 0 bridgehead atoms. The van der Waals surface area contributed by atoms with Crippen LogP contribution in [0.25, 0.3) is 0 Å². The predicted octanol–water partition coefficient (Wildman–Crippen LogP) is 3.85. The number of alkyl halides is 3. The van der Waals surface area contributed by atoms with Gasteiger partial charge in [-0.1, -0.05) is 35.9 Å². The summed E-state index contributed by atoms with van der Waals surface area (Å²) in [5.74, 6) is 0. The van der Waals surface area contributed by atoms with E-state index in [-0.39, 0.29) is 10.7 Å². The van der Waals surface area contributed by atoms with Gasteiger partial charge in [0.2, 0.25) is 0 Å². The molecule has 30 heavy (non-hydrogen) atoms. The van der Waals surface area contributed by atoms with Crippen molar-refractivity contribution >= 4 is 40.8 Å². The lowest BCUT2D eigenvalue weighted by Crippen LogP contribution is -2.46. The Morgan fingerprint density at radius 2 is 1.87 bits per heavy atom. The van der Waals surface area contributed by atoms with Crippen molar-refractivity contribution in [1.29, 1.82) is 0 Å². The van der Waals surface area contributed by atoms with Gasteiger partial charge in [0.25, 0.3) is 0 Å². The second kappa shape index (κ2) is 9.63. The van der Waals surface area contributed by atoms with Crippen LogP contribution in [0.4, 0.5) is 18.9 Å². The Morgan fingerprint density at radius 3 is 2.50 bits per heavy atom. The number of hydrazone groups is 1. The van der Waals surface area contributed by atoms with E-state index in [0.717, 1.165) is 36.0 Å². The third-order valence-corrected chi connectivity index (χ3v) is 5.27. The van der Waals surface area contributed by atoms with E-state index in [1.165, 1.54) is 6.07 Å². The summed E-state index contributed by atoms with van der Waals surface area (Å²) in [7, 11) is 0. The monoisotopic (exact) mass is 455 g/mol. The fraction of sp³-hybridized carbons (Fsp3) is 0.300. The van der Waals surface area contributed by atoms with Crippen LogP contribution in [0, 0.1) is 0 Å². The first-order valence-corrected chi connectivity index (χ1v) is 10.0. The summed E-state index contributed by atoms with van der Waals surface area (Å²) in [6.07, 6.45) is -3.44. The number of benzene rings is 2. The van der Waals surface area contributed by atoms with E-state index in [9.17, 15) is 13.2 Å².